The highest BCUT2D eigenvalue weighted by atomic mass is 79.9. The average molecular weight is 336 g/mol. The number of anilines is 2. The second kappa shape index (κ2) is 5.66. The second-order valence-corrected chi connectivity index (χ2v) is 5.25. The zero-order valence-corrected chi connectivity index (χ0v) is 12.6. The molecule has 6 heteroatoms. The fourth-order valence-electron chi connectivity index (χ4n) is 1.99. The minimum Gasteiger partial charge on any atom is -0.454 e. The summed E-state index contributed by atoms with van der Waals surface area (Å²) in [5.74, 6) is 3.10. The van der Waals surface area contributed by atoms with Crippen LogP contribution in [0.2, 0.25) is 0 Å². The number of fused-ring (bicyclic) bond motifs is 1. The number of nitrogens with one attached hydrogen (secondary N) is 1. The molecule has 0 amide bonds. The van der Waals surface area contributed by atoms with Crippen LogP contribution in [0, 0.1) is 0 Å². The molecule has 0 spiro atoms. The van der Waals surface area contributed by atoms with E-state index < -0.39 is 0 Å². The van der Waals surface area contributed by atoms with Crippen molar-refractivity contribution in [2.45, 2.75) is 19.8 Å². The maximum atomic E-state index is 5.36. The number of aryl methyl sites for hydroxylation is 1. The van der Waals surface area contributed by atoms with Crippen LogP contribution in [-0.2, 0) is 6.42 Å². The molecule has 104 valence electrons. The van der Waals surface area contributed by atoms with E-state index in [1.807, 2.05) is 24.3 Å². The molecule has 0 saturated carbocycles. The standard InChI is InChI=1S/C14H14BrN3O2/c1-2-3-13-17-12(15)7-14(18-13)16-9-4-5-10-11(6-9)20-8-19-10/h4-7H,2-3,8H2,1H3,(H,16,17,18). The number of aromatic nitrogens is 2. The lowest BCUT2D eigenvalue weighted by Gasteiger charge is -2.08. The lowest BCUT2D eigenvalue weighted by atomic mass is 10.2. The molecule has 3 rings (SSSR count). The van der Waals surface area contributed by atoms with Gasteiger partial charge in [0.05, 0.1) is 0 Å². The Balaban J connectivity index is 1.83. The molecule has 0 unspecified atom stereocenters. The van der Waals surface area contributed by atoms with Gasteiger partial charge >= 0.3 is 0 Å². The summed E-state index contributed by atoms with van der Waals surface area (Å²) >= 11 is 3.41. The molecule has 0 atom stereocenters. The van der Waals surface area contributed by atoms with Crippen LogP contribution < -0.4 is 14.8 Å². The third-order valence-corrected chi connectivity index (χ3v) is 3.27. The molecule has 2 heterocycles. The molecule has 5 nitrogen and oxygen atoms in total. The van der Waals surface area contributed by atoms with E-state index in [9.17, 15) is 0 Å². The Morgan fingerprint density at radius 3 is 2.90 bits per heavy atom. The Morgan fingerprint density at radius 2 is 2.05 bits per heavy atom. The van der Waals surface area contributed by atoms with E-state index in [1.165, 1.54) is 0 Å². The van der Waals surface area contributed by atoms with Crippen LogP contribution in [0.25, 0.3) is 0 Å². The summed E-state index contributed by atoms with van der Waals surface area (Å²) in [6.07, 6.45) is 1.87. The van der Waals surface area contributed by atoms with Gasteiger partial charge in [0.25, 0.3) is 0 Å². The molecular weight excluding hydrogens is 322 g/mol. The van der Waals surface area contributed by atoms with Gasteiger partial charge in [0, 0.05) is 24.2 Å². The third-order valence-electron chi connectivity index (χ3n) is 2.86. The number of rotatable bonds is 4. The number of nitrogens with zero attached hydrogens (tertiary/aromatic N) is 2. The summed E-state index contributed by atoms with van der Waals surface area (Å²) in [4.78, 5) is 8.83. The first-order chi connectivity index (χ1) is 9.74. The highest BCUT2D eigenvalue weighted by Crippen LogP contribution is 2.35. The quantitative estimate of drug-likeness (QED) is 0.864. The van der Waals surface area contributed by atoms with Gasteiger partial charge in [-0.25, -0.2) is 9.97 Å². The van der Waals surface area contributed by atoms with E-state index in [0.717, 1.165) is 46.3 Å². The summed E-state index contributed by atoms with van der Waals surface area (Å²) in [6.45, 7) is 2.38. The van der Waals surface area contributed by atoms with E-state index in [0.29, 0.717) is 0 Å². The first-order valence-corrected chi connectivity index (χ1v) is 7.24. The summed E-state index contributed by atoms with van der Waals surface area (Å²) in [5.41, 5.74) is 0.905. The smallest absolute Gasteiger partial charge is 0.231 e. The van der Waals surface area contributed by atoms with E-state index >= 15 is 0 Å². The van der Waals surface area contributed by atoms with Crippen LogP contribution in [0.5, 0.6) is 11.5 Å². The lowest BCUT2D eigenvalue weighted by molar-refractivity contribution is 0.174. The monoisotopic (exact) mass is 335 g/mol. The van der Waals surface area contributed by atoms with Crippen LogP contribution in [0.4, 0.5) is 11.5 Å². The molecule has 1 N–H and O–H groups in total. The van der Waals surface area contributed by atoms with Crippen molar-refractivity contribution in [2.75, 3.05) is 12.1 Å². The van der Waals surface area contributed by atoms with Gasteiger partial charge in [-0.1, -0.05) is 6.92 Å². The van der Waals surface area contributed by atoms with E-state index in [1.54, 1.807) is 0 Å². The predicted molar refractivity (Wildman–Crippen MR) is 79.6 cm³/mol. The number of benzene rings is 1. The Labute approximate surface area is 125 Å². The molecule has 0 fully saturated rings. The first kappa shape index (κ1) is 13.2. The van der Waals surface area contributed by atoms with E-state index in [-0.39, 0.29) is 6.79 Å². The van der Waals surface area contributed by atoms with E-state index in [4.69, 9.17) is 9.47 Å². The van der Waals surface area contributed by atoms with Crippen molar-refractivity contribution in [3.05, 3.63) is 34.7 Å². The molecule has 1 aromatic heterocycles. The van der Waals surface area contributed by atoms with Crippen molar-refractivity contribution in [1.82, 2.24) is 9.97 Å². The molecule has 0 aliphatic carbocycles. The summed E-state index contributed by atoms with van der Waals surface area (Å²) < 4.78 is 11.4. The molecule has 2 aromatic rings. The Hall–Kier alpha value is -1.82. The number of hydrogen-bond donors (Lipinski definition) is 1. The van der Waals surface area contributed by atoms with Crippen LogP contribution in [0.3, 0.4) is 0 Å². The molecule has 1 aromatic carbocycles. The normalized spacial score (nSPS) is 12.5. The SMILES string of the molecule is CCCc1nc(Br)cc(Nc2ccc3c(c2)OCO3)n1. The van der Waals surface area contributed by atoms with Gasteiger partial charge in [-0.2, -0.15) is 0 Å². The Morgan fingerprint density at radius 1 is 1.20 bits per heavy atom. The maximum absolute atomic E-state index is 5.36. The van der Waals surface area contributed by atoms with Crippen molar-refractivity contribution in [2.24, 2.45) is 0 Å². The van der Waals surface area contributed by atoms with E-state index in [2.05, 4.69) is 38.1 Å². The molecule has 0 saturated heterocycles. The molecule has 1 aliphatic heterocycles. The van der Waals surface area contributed by atoms with Gasteiger partial charge < -0.3 is 14.8 Å². The lowest BCUT2D eigenvalue weighted by Crippen LogP contribution is -2.00. The summed E-state index contributed by atoms with van der Waals surface area (Å²) in [6, 6.07) is 7.57. The highest BCUT2D eigenvalue weighted by Gasteiger charge is 2.13. The largest absolute Gasteiger partial charge is 0.454 e. The van der Waals surface area contributed by atoms with Gasteiger partial charge in [-0.05, 0) is 34.5 Å². The van der Waals surface area contributed by atoms with Gasteiger partial charge in [-0.15, -0.1) is 0 Å². The van der Waals surface area contributed by atoms with Crippen LogP contribution in [0.15, 0.2) is 28.9 Å². The Bertz CT molecular complexity index is 634. The van der Waals surface area contributed by atoms with Gasteiger partial charge in [0.1, 0.15) is 16.2 Å². The molecule has 20 heavy (non-hydrogen) atoms. The van der Waals surface area contributed by atoms with Crippen LogP contribution >= 0.6 is 15.9 Å². The van der Waals surface area contributed by atoms with Crippen molar-refractivity contribution < 1.29 is 9.47 Å². The van der Waals surface area contributed by atoms with Gasteiger partial charge in [-0.3, -0.25) is 0 Å². The second-order valence-electron chi connectivity index (χ2n) is 4.44. The molecule has 0 radical (unpaired) electrons. The van der Waals surface area contributed by atoms with Crippen molar-refractivity contribution in [1.29, 1.82) is 0 Å². The number of hydrogen-bond acceptors (Lipinski definition) is 5. The topological polar surface area (TPSA) is 56.3 Å². The summed E-state index contributed by atoms with van der Waals surface area (Å²) in [5, 5.41) is 3.26. The van der Waals surface area contributed by atoms with Crippen molar-refractivity contribution >= 4 is 27.4 Å². The predicted octanol–water partition coefficient (Wildman–Crippen LogP) is 3.66. The Kier molecular flexibility index (Phi) is 3.73. The van der Waals surface area contributed by atoms with Gasteiger partial charge in [0.15, 0.2) is 11.5 Å². The minimum atomic E-state index is 0.276. The fourth-order valence-corrected chi connectivity index (χ4v) is 2.41. The van der Waals surface area contributed by atoms with Crippen LogP contribution in [-0.4, -0.2) is 16.8 Å². The van der Waals surface area contributed by atoms with Crippen molar-refractivity contribution in [3.63, 3.8) is 0 Å². The zero-order chi connectivity index (χ0) is 13.9. The average Bonchev–Trinajstić information content (AvgIpc) is 2.85. The number of halogens is 1. The van der Waals surface area contributed by atoms with Crippen molar-refractivity contribution in [3.8, 4) is 11.5 Å². The third kappa shape index (κ3) is 2.85. The molecule has 1 aliphatic rings. The highest BCUT2D eigenvalue weighted by molar-refractivity contribution is 9.10. The maximum Gasteiger partial charge on any atom is 0.231 e. The number of ether oxygens (including phenoxy) is 2. The fraction of sp³-hybridized carbons (Fsp3) is 0.286. The first-order valence-electron chi connectivity index (χ1n) is 6.45. The molecular formula is C14H14BrN3O2. The summed E-state index contributed by atoms with van der Waals surface area (Å²) in [7, 11) is 0. The van der Waals surface area contributed by atoms with Gasteiger partial charge in [0.2, 0.25) is 6.79 Å². The minimum absolute atomic E-state index is 0.276. The molecule has 0 bridgehead atoms. The van der Waals surface area contributed by atoms with Crippen LogP contribution in [0.1, 0.15) is 19.2 Å². The zero-order valence-electron chi connectivity index (χ0n) is 11.0.